The van der Waals surface area contributed by atoms with Gasteiger partial charge in [-0.25, -0.2) is 4.57 Å². The third kappa shape index (κ3) is 34.5. The second-order valence-corrected chi connectivity index (χ2v) is 16.6. The molecular formula is C46H79O11P. The molecule has 3 N–H and O–H groups in total. The van der Waals surface area contributed by atoms with Gasteiger partial charge in [0.15, 0.2) is 6.10 Å². The molecule has 11 nitrogen and oxygen atoms in total. The highest BCUT2D eigenvalue weighted by atomic mass is 31.2. The van der Waals surface area contributed by atoms with Crippen LogP contribution in [0, 0.1) is 0 Å². The van der Waals surface area contributed by atoms with Gasteiger partial charge in [0.2, 0.25) is 0 Å². The molecule has 0 amide bonds. The van der Waals surface area contributed by atoms with Gasteiger partial charge in [-0.15, -0.1) is 0 Å². The fourth-order valence-corrected chi connectivity index (χ4v) is 6.78. The number of rotatable bonds is 40. The van der Waals surface area contributed by atoms with E-state index in [1.54, 1.807) is 0 Å². The molecule has 1 fully saturated rings. The van der Waals surface area contributed by atoms with Crippen LogP contribution in [0.15, 0.2) is 60.8 Å². The number of allylic oxidation sites excluding steroid dienone is 9. The van der Waals surface area contributed by atoms with E-state index in [0.717, 1.165) is 57.8 Å². The van der Waals surface area contributed by atoms with E-state index in [4.69, 9.17) is 28.4 Å². The van der Waals surface area contributed by atoms with Crippen molar-refractivity contribution in [2.75, 3.05) is 26.4 Å². The number of esters is 2. The van der Waals surface area contributed by atoms with E-state index in [2.05, 4.69) is 74.6 Å². The standard InChI is InChI=1S/C46H79O11P/c1-3-5-7-9-11-13-15-17-18-19-20-21-23-25-27-29-31-35-45(49)53-39-42(40-55-58(51,52)54-38-41(48)37-47)56-46(50)36-32-34-44-43(57-44)33-30-28-26-24-22-16-14-12-10-8-6-4-2/h11-14,17-18,22,24,28,30,41-44,47-48H,3-10,15-16,19-21,23,25-27,29,31-40H2,1-2H3,(H,51,52)/b13-11-,14-12-,18-17-,24-22-,30-28-/t41-,42+,43?,44?/m0/s1. The summed E-state index contributed by atoms with van der Waals surface area (Å²) in [6, 6.07) is 0. The summed E-state index contributed by atoms with van der Waals surface area (Å²) in [5.41, 5.74) is 0. The zero-order chi connectivity index (χ0) is 42.4. The number of phosphoric acid groups is 1. The molecule has 0 spiro atoms. The molecule has 5 atom stereocenters. The van der Waals surface area contributed by atoms with Crippen molar-refractivity contribution in [1.29, 1.82) is 0 Å². The third-order valence-corrected chi connectivity index (χ3v) is 10.5. The van der Waals surface area contributed by atoms with Gasteiger partial charge in [0.1, 0.15) is 12.7 Å². The number of aliphatic hydroxyl groups excluding tert-OH is 2. The van der Waals surface area contributed by atoms with Gasteiger partial charge in [-0.05, 0) is 83.5 Å². The van der Waals surface area contributed by atoms with Crippen LogP contribution in [0.3, 0.4) is 0 Å². The van der Waals surface area contributed by atoms with Crippen molar-refractivity contribution < 1.29 is 52.5 Å². The van der Waals surface area contributed by atoms with Crippen LogP contribution in [0.1, 0.15) is 168 Å². The first kappa shape index (κ1) is 53.6. The van der Waals surface area contributed by atoms with Gasteiger partial charge >= 0.3 is 19.8 Å². The highest BCUT2D eigenvalue weighted by Gasteiger charge is 2.37. The number of epoxide rings is 1. The zero-order valence-electron chi connectivity index (χ0n) is 35.9. The van der Waals surface area contributed by atoms with Gasteiger partial charge in [0, 0.05) is 12.8 Å². The maximum absolute atomic E-state index is 12.7. The Balaban J connectivity index is 2.31. The second-order valence-electron chi connectivity index (χ2n) is 15.1. The minimum absolute atomic E-state index is 0.0856. The van der Waals surface area contributed by atoms with Crippen LogP contribution in [0.25, 0.3) is 0 Å². The highest BCUT2D eigenvalue weighted by Crippen LogP contribution is 2.43. The molecule has 0 saturated carbocycles. The Morgan fingerprint density at radius 3 is 1.71 bits per heavy atom. The molecule has 1 heterocycles. The highest BCUT2D eigenvalue weighted by molar-refractivity contribution is 7.47. The zero-order valence-corrected chi connectivity index (χ0v) is 36.8. The molecule has 1 aliphatic heterocycles. The second kappa shape index (κ2) is 37.6. The van der Waals surface area contributed by atoms with Gasteiger partial charge in [-0.1, -0.05) is 132 Å². The number of carbonyl (C=O) groups excluding carboxylic acids is 2. The van der Waals surface area contributed by atoms with Crippen LogP contribution >= 0.6 is 7.82 Å². The van der Waals surface area contributed by atoms with Crippen LogP contribution in [0.5, 0.6) is 0 Å². The van der Waals surface area contributed by atoms with Crippen LogP contribution in [-0.2, 0) is 37.4 Å². The monoisotopic (exact) mass is 839 g/mol. The number of unbranched alkanes of at least 4 members (excludes halogenated alkanes) is 13. The Bertz CT molecular complexity index is 1210. The molecule has 0 aromatic rings. The van der Waals surface area contributed by atoms with Crippen molar-refractivity contribution in [2.45, 2.75) is 192 Å². The van der Waals surface area contributed by atoms with Gasteiger partial charge < -0.3 is 29.3 Å². The van der Waals surface area contributed by atoms with Gasteiger partial charge in [-0.2, -0.15) is 0 Å². The number of hydrogen-bond donors (Lipinski definition) is 3. The van der Waals surface area contributed by atoms with Gasteiger partial charge in [-0.3, -0.25) is 18.6 Å². The fourth-order valence-electron chi connectivity index (χ4n) is 5.99. The largest absolute Gasteiger partial charge is 0.472 e. The predicted molar refractivity (Wildman–Crippen MR) is 232 cm³/mol. The lowest BCUT2D eigenvalue weighted by Crippen LogP contribution is -2.30. The number of hydrogen-bond acceptors (Lipinski definition) is 10. The van der Waals surface area contributed by atoms with Gasteiger partial charge in [0.05, 0.1) is 32.0 Å². The summed E-state index contributed by atoms with van der Waals surface area (Å²) in [5.74, 6) is -1.01. The minimum Gasteiger partial charge on any atom is -0.462 e. The molecule has 58 heavy (non-hydrogen) atoms. The summed E-state index contributed by atoms with van der Waals surface area (Å²) >= 11 is 0. The Morgan fingerprint density at radius 2 is 1.12 bits per heavy atom. The van der Waals surface area contributed by atoms with Crippen molar-refractivity contribution >= 4 is 19.8 Å². The van der Waals surface area contributed by atoms with Crippen molar-refractivity contribution in [3.05, 3.63) is 60.8 Å². The maximum atomic E-state index is 12.7. The average molecular weight is 839 g/mol. The third-order valence-electron chi connectivity index (χ3n) is 9.57. The van der Waals surface area contributed by atoms with E-state index in [-0.39, 0.29) is 31.7 Å². The summed E-state index contributed by atoms with van der Waals surface area (Å²) < 4.78 is 38.5. The normalized spacial score (nSPS) is 17.9. The summed E-state index contributed by atoms with van der Waals surface area (Å²) in [7, 11) is -4.65. The van der Waals surface area contributed by atoms with E-state index >= 15 is 0 Å². The topological polar surface area (TPSA) is 161 Å². The lowest BCUT2D eigenvalue weighted by molar-refractivity contribution is -0.161. The van der Waals surface area contributed by atoms with E-state index < -0.39 is 51.8 Å². The number of aliphatic hydroxyl groups is 2. The molecule has 1 aliphatic rings. The first-order chi connectivity index (χ1) is 28.2. The lowest BCUT2D eigenvalue weighted by Gasteiger charge is -2.20. The quantitative estimate of drug-likeness (QED) is 0.0177. The summed E-state index contributed by atoms with van der Waals surface area (Å²) in [6.45, 7) is 2.22. The Labute approximate surface area is 351 Å². The van der Waals surface area contributed by atoms with Crippen LogP contribution < -0.4 is 0 Å². The average Bonchev–Trinajstić information content (AvgIpc) is 3.97. The molecule has 0 aromatic heterocycles. The van der Waals surface area contributed by atoms with Crippen molar-refractivity contribution in [1.82, 2.24) is 0 Å². The number of phosphoric ester groups is 1. The molecule has 12 heteroatoms. The first-order valence-corrected chi connectivity index (χ1v) is 23.9. The molecule has 0 bridgehead atoms. The predicted octanol–water partition coefficient (Wildman–Crippen LogP) is 10.9. The summed E-state index contributed by atoms with van der Waals surface area (Å²) in [6.07, 6.45) is 43.4. The Hall–Kier alpha value is -2.37. The Kier molecular flexibility index (Phi) is 34.8. The molecule has 1 rings (SSSR count). The minimum atomic E-state index is -4.65. The van der Waals surface area contributed by atoms with Crippen LogP contribution in [0.2, 0.25) is 0 Å². The number of carbonyl (C=O) groups is 2. The molecule has 0 aromatic carbocycles. The van der Waals surface area contributed by atoms with E-state index in [1.807, 2.05) is 0 Å². The van der Waals surface area contributed by atoms with Crippen molar-refractivity contribution in [3.8, 4) is 0 Å². The molecule has 0 radical (unpaired) electrons. The van der Waals surface area contributed by atoms with Crippen molar-refractivity contribution in [3.63, 3.8) is 0 Å². The summed E-state index contributed by atoms with van der Waals surface area (Å²) in [5, 5.41) is 18.4. The first-order valence-electron chi connectivity index (χ1n) is 22.4. The molecule has 334 valence electrons. The van der Waals surface area contributed by atoms with Crippen LogP contribution in [-0.4, -0.2) is 77.9 Å². The summed E-state index contributed by atoms with van der Waals surface area (Å²) in [4.78, 5) is 35.1. The molecule has 1 saturated heterocycles. The van der Waals surface area contributed by atoms with Gasteiger partial charge in [0.25, 0.3) is 0 Å². The van der Waals surface area contributed by atoms with E-state index in [1.165, 1.54) is 64.2 Å². The molecular weight excluding hydrogens is 759 g/mol. The molecule has 0 aliphatic carbocycles. The maximum Gasteiger partial charge on any atom is 0.472 e. The fraction of sp³-hybridized carbons (Fsp3) is 0.739. The smallest absolute Gasteiger partial charge is 0.462 e. The lowest BCUT2D eigenvalue weighted by atomic mass is 10.1. The van der Waals surface area contributed by atoms with Crippen molar-refractivity contribution in [2.24, 2.45) is 0 Å². The Morgan fingerprint density at radius 1 is 0.621 bits per heavy atom. The SMILES string of the molecule is CCCCC/C=C\C/C=C\C/C=C\CC1OC1CCCC(=O)O[C@H](COC(=O)CCCCCCCCC/C=C\C/C=C\CCCCC)COP(=O)(O)OC[C@@H](O)CO. The van der Waals surface area contributed by atoms with Crippen LogP contribution in [0.4, 0.5) is 0 Å². The van der Waals surface area contributed by atoms with E-state index in [0.29, 0.717) is 19.3 Å². The number of ether oxygens (including phenoxy) is 3. The molecule has 3 unspecified atom stereocenters. The van der Waals surface area contributed by atoms with E-state index in [9.17, 15) is 24.2 Å².